The lowest BCUT2D eigenvalue weighted by Crippen LogP contribution is -2.51. The molecule has 0 bridgehead atoms. The van der Waals surface area contributed by atoms with E-state index in [2.05, 4.69) is 12.1 Å². The van der Waals surface area contributed by atoms with Crippen molar-refractivity contribution in [1.29, 1.82) is 0 Å². The predicted octanol–water partition coefficient (Wildman–Crippen LogP) is 1.58. The number of carbonyl (C=O) groups excluding carboxylic acids is 1. The zero-order valence-corrected chi connectivity index (χ0v) is 12.1. The molecule has 20 heavy (non-hydrogen) atoms. The number of nitrogens with zero attached hydrogens (tertiary/aromatic N) is 1. The molecule has 0 spiro atoms. The van der Waals surface area contributed by atoms with Crippen LogP contribution in [0.15, 0.2) is 30.3 Å². The molecule has 1 aromatic rings. The number of hydrogen-bond donors (Lipinski definition) is 1. The van der Waals surface area contributed by atoms with Crippen LogP contribution in [-0.2, 0) is 16.0 Å². The molecule has 1 amide bonds. The topological polar surface area (TPSA) is 55.6 Å². The lowest BCUT2D eigenvalue weighted by atomic mass is 10.1. The summed E-state index contributed by atoms with van der Waals surface area (Å²) in [5, 5.41) is 0. The van der Waals surface area contributed by atoms with Gasteiger partial charge in [-0.15, -0.1) is 0 Å². The summed E-state index contributed by atoms with van der Waals surface area (Å²) < 4.78 is 5.77. The highest BCUT2D eigenvalue weighted by Crippen LogP contribution is 2.13. The summed E-state index contributed by atoms with van der Waals surface area (Å²) in [6.45, 7) is 3.94. The van der Waals surface area contributed by atoms with Gasteiger partial charge in [0.25, 0.3) is 0 Å². The molecular weight excluding hydrogens is 252 g/mol. The Morgan fingerprint density at radius 2 is 2.20 bits per heavy atom. The minimum absolute atomic E-state index is 0.0632. The molecular formula is C16H24N2O2. The Bertz CT molecular complexity index is 422. The Hall–Kier alpha value is -1.39. The third kappa shape index (κ3) is 4.05. The summed E-state index contributed by atoms with van der Waals surface area (Å²) in [4.78, 5) is 14.1. The van der Waals surface area contributed by atoms with Crippen molar-refractivity contribution in [2.75, 3.05) is 19.7 Å². The van der Waals surface area contributed by atoms with Gasteiger partial charge < -0.3 is 15.4 Å². The van der Waals surface area contributed by atoms with E-state index in [1.807, 2.05) is 30.0 Å². The van der Waals surface area contributed by atoms with Crippen molar-refractivity contribution in [3.05, 3.63) is 35.9 Å². The molecule has 2 atom stereocenters. The molecule has 1 aliphatic heterocycles. The standard InChI is InChI=1S/C16H24N2O2/c1-2-6-15(17)16(19)18-9-10-20-14(12-18)11-13-7-4-3-5-8-13/h3-5,7-8,14-15H,2,6,9-12,17H2,1H3. The van der Waals surface area contributed by atoms with Crippen LogP contribution in [0.4, 0.5) is 0 Å². The lowest BCUT2D eigenvalue weighted by Gasteiger charge is -2.34. The van der Waals surface area contributed by atoms with E-state index in [0.717, 1.165) is 19.3 Å². The SMILES string of the molecule is CCCC(N)C(=O)N1CCOC(Cc2ccccc2)C1. The normalized spacial score (nSPS) is 20.7. The van der Waals surface area contributed by atoms with Gasteiger partial charge in [0, 0.05) is 19.5 Å². The maximum absolute atomic E-state index is 12.2. The van der Waals surface area contributed by atoms with Crippen molar-refractivity contribution in [1.82, 2.24) is 4.90 Å². The molecule has 0 saturated carbocycles. The van der Waals surface area contributed by atoms with Gasteiger partial charge in [-0.1, -0.05) is 43.7 Å². The fraction of sp³-hybridized carbons (Fsp3) is 0.562. The first kappa shape index (κ1) is 15.0. The van der Waals surface area contributed by atoms with Gasteiger partial charge in [0.1, 0.15) is 0 Å². The first-order valence-electron chi connectivity index (χ1n) is 7.40. The van der Waals surface area contributed by atoms with Crippen molar-refractivity contribution < 1.29 is 9.53 Å². The van der Waals surface area contributed by atoms with E-state index in [1.165, 1.54) is 5.56 Å². The molecule has 1 saturated heterocycles. The van der Waals surface area contributed by atoms with Crippen LogP contribution in [0.1, 0.15) is 25.3 Å². The van der Waals surface area contributed by atoms with Crippen LogP contribution in [0.25, 0.3) is 0 Å². The Morgan fingerprint density at radius 1 is 1.45 bits per heavy atom. The van der Waals surface area contributed by atoms with E-state index in [1.54, 1.807) is 0 Å². The number of nitrogens with two attached hydrogens (primary N) is 1. The second-order valence-corrected chi connectivity index (χ2v) is 5.36. The quantitative estimate of drug-likeness (QED) is 0.888. The van der Waals surface area contributed by atoms with E-state index in [0.29, 0.717) is 19.7 Å². The first-order valence-corrected chi connectivity index (χ1v) is 7.40. The molecule has 4 nitrogen and oxygen atoms in total. The van der Waals surface area contributed by atoms with Gasteiger partial charge in [-0.25, -0.2) is 0 Å². The molecule has 1 aliphatic rings. The number of ether oxygens (including phenoxy) is 1. The van der Waals surface area contributed by atoms with Crippen LogP contribution in [0.2, 0.25) is 0 Å². The van der Waals surface area contributed by atoms with Crippen molar-refractivity contribution in [3.8, 4) is 0 Å². The fourth-order valence-electron chi connectivity index (χ4n) is 2.59. The van der Waals surface area contributed by atoms with E-state index in [-0.39, 0.29) is 18.1 Å². The molecule has 0 aromatic heterocycles. The van der Waals surface area contributed by atoms with E-state index in [9.17, 15) is 4.79 Å². The Morgan fingerprint density at radius 3 is 2.90 bits per heavy atom. The molecule has 0 radical (unpaired) electrons. The monoisotopic (exact) mass is 276 g/mol. The molecule has 1 heterocycles. The minimum Gasteiger partial charge on any atom is -0.374 e. The summed E-state index contributed by atoms with van der Waals surface area (Å²) in [7, 11) is 0. The molecule has 1 fully saturated rings. The molecule has 2 unspecified atom stereocenters. The smallest absolute Gasteiger partial charge is 0.239 e. The zero-order chi connectivity index (χ0) is 14.4. The highest BCUT2D eigenvalue weighted by molar-refractivity contribution is 5.81. The van der Waals surface area contributed by atoms with Gasteiger partial charge in [0.05, 0.1) is 18.8 Å². The van der Waals surface area contributed by atoms with Crippen LogP contribution < -0.4 is 5.73 Å². The number of carbonyl (C=O) groups is 1. The van der Waals surface area contributed by atoms with Crippen molar-refractivity contribution in [2.24, 2.45) is 5.73 Å². The van der Waals surface area contributed by atoms with Gasteiger partial charge in [-0.3, -0.25) is 4.79 Å². The highest BCUT2D eigenvalue weighted by Gasteiger charge is 2.27. The van der Waals surface area contributed by atoms with E-state index < -0.39 is 0 Å². The number of morpholine rings is 1. The highest BCUT2D eigenvalue weighted by atomic mass is 16.5. The molecule has 4 heteroatoms. The number of hydrogen-bond acceptors (Lipinski definition) is 3. The lowest BCUT2D eigenvalue weighted by molar-refractivity contribution is -0.140. The maximum Gasteiger partial charge on any atom is 0.239 e. The summed E-state index contributed by atoms with van der Waals surface area (Å²) in [6.07, 6.45) is 2.60. The van der Waals surface area contributed by atoms with Crippen LogP contribution in [0, 0.1) is 0 Å². The van der Waals surface area contributed by atoms with Crippen molar-refractivity contribution >= 4 is 5.91 Å². The molecule has 110 valence electrons. The summed E-state index contributed by atoms with van der Waals surface area (Å²) >= 11 is 0. The van der Waals surface area contributed by atoms with Crippen LogP contribution >= 0.6 is 0 Å². The third-order valence-corrected chi connectivity index (χ3v) is 3.67. The maximum atomic E-state index is 12.2. The zero-order valence-electron chi connectivity index (χ0n) is 12.1. The van der Waals surface area contributed by atoms with Crippen molar-refractivity contribution in [3.63, 3.8) is 0 Å². The Balaban J connectivity index is 1.90. The first-order chi connectivity index (χ1) is 9.70. The number of benzene rings is 1. The van der Waals surface area contributed by atoms with Crippen LogP contribution in [0.5, 0.6) is 0 Å². The summed E-state index contributed by atoms with van der Waals surface area (Å²) in [5.74, 6) is 0.0632. The average molecular weight is 276 g/mol. The fourth-order valence-corrected chi connectivity index (χ4v) is 2.59. The van der Waals surface area contributed by atoms with Gasteiger partial charge in [0.2, 0.25) is 5.91 Å². The number of rotatable bonds is 5. The van der Waals surface area contributed by atoms with E-state index >= 15 is 0 Å². The molecule has 1 aromatic carbocycles. The predicted molar refractivity (Wildman–Crippen MR) is 79.3 cm³/mol. The third-order valence-electron chi connectivity index (χ3n) is 3.67. The van der Waals surface area contributed by atoms with E-state index in [4.69, 9.17) is 10.5 Å². The Kier molecular flexibility index (Phi) is 5.56. The Labute approximate surface area is 120 Å². The largest absolute Gasteiger partial charge is 0.374 e. The van der Waals surface area contributed by atoms with Crippen molar-refractivity contribution in [2.45, 2.75) is 38.3 Å². The summed E-state index contributed by atoms with van der Waals surface area (Å²) in [5.41, 5.74) is 7.16. The van der Waals surface area contributed by atoms with Gasteiger partial charge in [0.15, 0.2) is 0 Å². The molecule has 2 N–H and O–H groups in total. The van der Waals surface area contributed by atoms with Gasteiger partial charge in [-0.05, 0) is 12.0 Å². The second-order valence-electron chi connectivity index (χ2n) is 5.36. The van der Waals surface area contributed by atoms with Crippen LogP contribution in [-0.4, -0.2) is 42.6 Å². The summed E-state index contributed by atoms with van der Waals surface area (Å²) in [6, 6.07) is 9.87. The molecule has 2 rings (SSSR count). The number of amides is 1. The second kappa shape index (κ2) is 7.41. The molecule has 0 aliphatic carbocycles. The average Bonchev–Trinajstić information content (AvgIpc) is 2.48. The van der Waals surface area contributed by atoms with Gasteiger partial charge in [-0.2, -0.15) is 0 Å². The van der Waals surface area contributed by atoms with Gasteiger partial charge >= 0.3 is 0 Å². The van der Waals surface area contributed by atoms with Crippen LogP contribution in [0.3, 0.4) is 0 Å². The minimum atomic E-state index is -0.365.